The van der Waals surface area contributed by atoms with Gasteiger partial charge in [-0.25, -0.2) is 9.03 Å². The smallest absolute Gasteiger partial charge is 0.326 e. The minimum absolute atomic E-state index is 0.117. The second-order valence-electron chi connectivity index (χ2n) is 5.02. The molecule has 0 saturated heterocycles. The van der Waals surface area contributed by atoms with Crippen LogP contribution in [0, 0.1) is 0 Å². The fourth-order valence-electron chi connectivity index (χ4n) is 2.45. The van der Waals surface area contributed by atoms with Crippen molar-refractivity contribution in [3.8, 4) is 11.5 Å². The molecule has 1 aliphatic heterocycles. The standard InChI is InChI=1S/C16H16N2O5S/c1-22-14-8-4-2-6-12(14)16(19)17-24(20,21)18-10-11-23-15-9-5-3-7-13(15)18/h2-9H,10-11H2,1H3,(H,17,19). The van der Waals surface area contributed by atoms with E-state index in [0.717, 1.165) is 4.31 Å². The minimum atomic E-state index is -4.07. The van der Waals surface area contributed by atoms with E-state index in [1.807, 2.05) is 0 Å². The van der Waals surface area contributed by atoms with Crippen LogP contribution in [0.15, 0.2) is 48.5 Å². The topological polar surface area (TPSA) is 84.9 Å². The van der Waals surface area contributed by atoms with Gasteiger partial charge in [0.05, 0.1) is 24.9 Å². The number of methoxy groups -OCH3 is 1. The zero-order valence-electron chi connectivity index (χ0n) is 12.9. The molecule has 0 aliphatic carbocycles. The zero-order valence-corrected chi connectivity index (χ0v) is 13.7. The number of carbonyl (C=O) groups is 1. The van der Waals surface area contributed by atoms with E-state index in [2.05, 4.69) is 4.72 Å². The SMILES string of the molecule is COc1ccccc1C(=O)NS(=O)(=O)N1CCOc2ccccc21. The Labute approximate surface area is 140 Å². The highest BCUT2D eigenvalue weighted by Crippen LogP contribution is 2.32. The number of benzene rings is 2. The van der Waals surface area contributed by atoms with Crippen molar-refractivity contribution in [1.82, 2.24) is 4.72 Å². The summed E-state index contributed by atoms with van der Waals surface area (Å²) in [4.78, 5) is 12.4. The van der Waals surface area contributed by atoms with Crippen molar-refractivity contribution in [1.29, 1.82) is 0 Å². The van der Waals surface area contributed by atoms with Gasteiger partial charge in [0.2, 0.25) is 0 Å². The molecule has 3 rings (SSSR count). The Morgan fingerprint density at radius 2 is 1.88 bits per heavy atom. The highest BCUT2D eigenvalue weighted by Gasteiger charge is 2.30. The molecule has 8 heteroatoms. The average molecular weight is 348 g/mol. The average Bonchev–Trinajstić information content (AvgIpc) is 2.60. The summed E-state index contributed by atoms with van der Waals surface area (Å²) in [6, 6.07) is 13.2. The van der Waals surface area contributed by atoms with Gasteiger partial charge in [0.15, 0.2) is 0 Å². The lowest BCUT2D eigenvalue weighted by molar-refractivity contribution is 0.0978. The van der Waals surface area contributed by atoms with Crippen LogP contribution in [0.25, 0.3) is 0 Å². The molecule has 2 aromatic carbocycles. The molecule has 0 saturated carbocycles. The summed E-state index contributed by atoms with van der Waals surface area (Å²) in [5, 5.41) is 0. The summed E-state index contributed by atoms with van der Waals surface area (Å²) in [5.74, 6) is 0.00265. The van der Waals surface area contributed by atoms with Crippen LogP contribution in [0.4, 0.5) is 5.69 Å². The molecule has 24 heavy (non-hydrogen) atoms. The van der Waals surface area contributed by atoms with Crippen molar-refractivity contribution in [3.05, 3.63) is 54.1 Å². The quantitative estimate of drug-likeness (QED) is 0.906. The van der Waals surface area contributed by atoms with Gasteiger partial charge in [0.1, 0.15) is 18.1 Å². The number of anilines is 1. The molecule has 0 radical (unpaired) electrons. The number of carbonyl (C=O) groups excluding carboxylic acids is 1. The van der Waals surface area contributed by atoms with Crippen LogP contribution < -0.4 is 18.5 Å². The van der Waals surface area contributed by atoms with Crippen molar-refractivity contribution in [2.45, 2.75) is 0 Å². The monoisotopic (exact) mass is 348 g/mol. The van der Waals surface area contributed by atoms with Gasteiger partial charge in [0, 0.05) is 0 Å². The van der Waals surface area contributed by atoms with Crippen LogP contribution in [-0.2, 0) is 10.2 Å². The van der Waals surface area contributed by atoms with Crippen molar-refractivity contribution < 1.29 is 22.7 Å². The Kier molecular flexibility index (Phi) is 4.30. The van der Waals surface area contributed by atoms with E-state index in [1.165, 1.54) is 13.2 Å². The highest BCUT2D eigenvalue weighted by molar-refractivity contribution is 7.91. The fourth-order valence-corrected chi connectivity index (χ4v) is 3.63. The van der Waals surface area contributed by atoms with E-state index in [9.17, 15) is 13.2 Å². The molecule has 7 nitrogen and oxygen atoms in total. The maximum atomic E-state index is 12.6. The van der Waals surface area contributed by atoms with Gasteiger partial charge in [-0.05, 0) is 24.3 Å². The predicted molar refractivity (Wildman–Crippen MR) is 88.7 cm³/mol. The summed E-state index contributed by atoms with van der Waals surface area (Å²) in [6.45, 7) is 0.326. The normalized spacial score (nSPS) is 13.6. The van der Waals surface area contributed by atoms with Gasteiger partial charge in [-0.1, -0.05) is 24.3 Å². The Morgan fingerprint density at radius 3 is 2.67 bits per heavy atom. The lowest BCUT2D eigenvalue weighted by atomic mass is 10.2. The van der Waals surface area contributed by atoms with Gasteiger partial charge < -0.3 is 9.47 Å². The van der Waals surface area contributed by atoms with E-state index in [0.29, 0.717) is 17.2 Å². The zero-order chi connectivity index (χ0) is 17.2. The molecule has 1 aliphatic rings. The molecule has 0 atom stereocenters. The number of rotatable bonds is 4. The highest BCUT2D eigenvalue weighted by atomic mass is 32.2. The van der Waals surface area contributed by atoms with Crippen LogP contribution in [0.2, 0.25) is 0 Å². The van der Waals surface area contributed by atoms with E-state index in [4.69, 9.17) is 9.47 Å². The van der Waals surface area contributed by atoms with Crippen LogP contribution in [0.1, 0.15) is 10.4 Å². The lowest BCUT2D eigenvalue weighted by Gasteiger charge is -2.30. The number of hydrogen-bond acceptors (Lipinski definition) is 5. The minimum Gasteiger partial charge on any atom is -0.496 e. The summed E-state index contributed by atoms with van der Waals surface area (Å²) >= 11 is 0. The number of fused-ring (bicyclic) bond motifs is 1. The van der Waals surface area contributed by atoms with E-state index in [1.54, 1.807) is 42.5 Å². The maximum absolute atomic E-state index is 12.6. The van der Waals surface area contributed by atoms with E-state index >= 15 is 0 Å². The lowest BCUT2D eigenvalue weighted by Crippen LogP contribution is -2.47. The molecule has 126 valence electrons. The van der Waals surface area contributed by atoms with E-state index in [-0.39, 0.29) is 18.7 Å². The number of amides is 1. The van der Waals surface area contributed by atoms with Gasteiger partial charge in [-0.15, -0.1) is 0 Å². The predicted octanol–water partition coefficient (Wildman–Crippen LogP) is 1.57. The van der Waals surface area contributed by atoms with Gasteiger partial charge in [0.25, 0.3) is 5.91 Å². The van der Waals surface area contributed by atoms with Gasteiger partial charge in [-0.2, -0.15) is 8.42 Å². The molecule has 1 heterocycles. The first kappa shape index (κ1) is 16.1. The third-order valence-corrected chi connectivity index (χ3v) is 4.95. The van der Waals surface area contributed by atoms with Gasteiger partial charge >= 0.3 is 10.2 Å². The summed E-state index contributed by atoms with van der Waals surface area (Å²) in [7, 11) is -2.66. The van der Waals surface area contributed by atoms with Crippen LogP contribution in [0.3, 0.4) is 0 Å². The van der Waals surface area contributed by atoms with Crippen molar-refractivity contribution in [2.75, 3.05) is 24.6 Å². The molecule has 0 fully saturated rings. The molecule has 1 N–H and O–H groups in total. The summed E-state index contributed by atoms with van der Waals surface area (Å²) < 4.78 is 39.0. The van der Waals surface area contributed by atoms with Gasteiger partial charge in [-0.3, -0.25) is 4.79 Å². The Balaban J connectivity index is 1.89. The third-order valence-electron chi connectivity index (χ3n) is 3.55. The maximum Gasteiger partial charge on any atom is 0.326 e. The molecule has 2 aromatic rings. The second-order valence-corrected chi connectivity index (χ2v) is 6.62. The van der Waals surface area contributed by atoms with Crippen LogP contribution in [-0.4, -0.2) is 34.6 Å². The number of ether oxygens (including phenoxy) is 2. The van der Waals surface area contributed by atoms with Crippen molar-refractivity contribution in [2.24, 2.45) is 0 Å². The molecule has 1 amide bonds. The first-order valence-electron chi connectivity index (χ1n) is 7.22. The number of nitrogens with one attached hydrogen (secondary N) is 1. The second kappa shape index (κ2) is 6.40. The van der Waals surface area contributed by atoms with Crippen LogP contribution >= 0.6 is 0 Å². The largest absolute Gasteiger partial charge is 0.496 e. The Morgan fingerprint density at radius 1 is 1.17 bits per heavy atom. The first-order valence-corrected chi connectivity index (χ1v) is 8.66. The summed E-state index contributed by atoms with van der Waals surface area (Å²) in [5.41, 5.74) is 0.536. The molecular weight excluding hydrogens is 332 g/mol. The van der Waals surface area contributed by atoms with E-state index < -0.39 is 16.1 Å². The molecule has 0 spiro atoms. The molecule has 0 bridgehead atoms. The number of hydrogen-bond donors (Lipinski definition) is 1. The molecule has 0 aromatic heterocycles. The molecular formula is C16H16N2O5S. The third kappa shape index (κ3) is 3.00. The number of nitrogens with zero attached hydrogens (tertiary/aromatic N) is 1. The van der Waals surface area contributed by atoms with Crippen molar-refractivity contribution >= 4 is 21.8 Å². The Hall–Kier alpha value is -2.74. The first-order chi connectivity index (χ1) is 11.5. The fraction of sp³-hybridized carbons (Fsp3) is 0.188. The number of para-hydroxylation sites is 3. The molecule has 0 unspecified atom stereocenters. The Bertz CT molecular complexity index is 866. The van der Waals surface area contributed by atoms with Crippen molar-refractivity contribution in [3.63, 3.8) is 0 Å². The summed E-state index contributed by atoms with van der Waals surface area (Å²) in [6.07, 6.45) is 0. The van der Waals surface area contributed by atoms with Crippen LogP contribution in [0.5, 0.6) is 11.5 Å².